The lowest BCUT2D eigenvalue weighted by atomic mass is 9.99. The fourth-order valence-corrected chi connectivity index (χ4v) is 2.09. The molecule has 2 heteroatoms. The number of phenolic OH excluding ortho intramolecular Hbond substituents is 1. The molecule has 0 spiro atoms. The standard InChI is InChI=1S/C17H20O2/c1-3-4-12-19-16-11-7-10-15(18)17(16)14-9-6-5-8-13(14)2/h5-11,18H,3-4,12H2,1-2H3. The van der Waals surface area contributed by atoms with E-state index in [0.29, 0.717) is 6.61 Å². The van der Waals surface area contributed by atoms with Gasteiger partial charge in [0, 0.05) is 0 Å². The van der Waals surface area contributed by atoms with Gasteiger partial charge >= 0.3 is 0 Å². The van der Waals surface area contributed by atoms with Crippen LogP contribution in [-0.2, 0) is 0 Å². The summed E-state index contributed by atoms with van der Waals surface area (Å²) in [6.45, 7) is 4.85. The van der Waals surface area contributed by atoms with Gasteiger partial charge in [0.1, 0.15) is 11.5 Å². The summed E-state index contributed by atoms with van der Waals surface area (Å²) in [4.78, 5) is 0. The molecule has 0 saturated heterocycles. The van der Waals surface area contributed by atoms with Gasteiger partial charge in [-0.1, -0.05) is 43.7 Å². The highest BCUT2D eigenvalue weighted by Crippen LogP contribution is 2.39. The number of rotatable bonds is 5. The molecule has 100 valence electrons. The summed E-state index contributed by atoms with van der Waals surface area (Å²) in [6, 6.07) is 13.5. The molecule has 2 aromatic rings. The van der Waals surface area contributed by atoms with E-state index in [2.05, 4.69) is 6.92 Å². The molecule has 0 saturated carbocycles. The van der Waals surface area contributed by atoms with Crippen LogP contribution >= 0.6 is 0 Å². The van der Waals surface area contributed by atoms with Crippen LogP contribution < -0.4 is 4.74 Å². The largest absolute Gasteiger partial charge is 0.507 e. The maximum absolute atomic E-state index is 10.1. The van der Waals surface area contributed by atoms with Crippen LogP contribution in [0.1, 0.15) is 25.3 Å². The number of phenols is 1. The number of aromatic hydroxyl groups is 1. The summed E-state index contributed by atoms with van der Waals surface area (Å²) >= 11 is 0. The Labute approximate surface area is 114 Å². The van der Waals surface area contributed by atoms with Crippen molar-refractivity contribution in [3.8, 4) is 22.6 Å². The van der Waals surface area contributed by atoms with Crippen molar-refractivity contribution in [1.82, 2.24) is 0 Å². The lowest BCUT2D eigenvalue weighted by Crippen LogP contribution is -1.98. The third kappa shape index (κ3) is 3.08. The molecule has 0 aromatic heterocycles. The SMILES string of the molecule is CCCCOc1cccc(O)c1-c1ccccc1C. The molecule has 0 aliphatic heterocycles. The average Bonchev–Trinajstić information content (AvgIpc) is 2.41. The quantitative estimate of drug-likeness (QED) is 0.795. The van der Waals surface area contributed by atoms with Gasteiger partial charge in [0.15, 0.2) is 0 Å². The normalized spacial score (nSPS) is 10.4. The highest BCUT2D eigenvalue weighted by atomic mass is 16.5. The Morgan fingerprint density at radius 1 is 1.05 bits per heavy atom. The Balaban J connectivity index is 2.41. The van der Waals surface area contributed by atoms with Crippen molar-refractivity contribution in [2.45, 2.75) is 26.7 Å². The van der Waals surface area contributed by atoms with Crippen LogP contribution in [0.2, 0.25) is 0 Å². The molecular weight excluding hydrogens is 236 g/mol. The summed E-state index contributed by atoms with van der Waals surface area (Å²) in [5.74, 6) is 1.02. The van der Waals surface area contributed by atoms with E-state index in [9.17, 15) is 5.11 Å². The lowest BCUT2D eigenvalue weighted by molar-refractivity contribution is 0.309. The maximum Gasteiger partial charge on any atom is 0.130 e. The van der Waals surface area contributed by atoms with E-state index < -0.39 is 0 Å². The Morgan fingerprint density at radius 2 is 1.84 bits per heavy atom. The number of ether oxygens (including phenoxy) is 1. The Morgan fingerprint density at radius 3 is 2.58 bits per heavy atom. The second kappa shape index (κ2) is 6.28. The fourth-order valence-electron chi connectivity index (χ4n) is 2.09. The first-order chi connectivity index (χ1) is 9.24. The van der Waals surface area contributed by atoms with Gasteiger partial charge in [0.2, 0.25) is 0 Å². The zero-order chi connectivity index (χ0) is 13.7. The summed E-state index contributed by atoms with van der Waals surface area (Å²) in [5.41, 5.74) is 2.94. The molecule has 0 unspecified atom stereocenters. The van der Waals surface area contributed by atoms with E-state index in [1.165, 1.54) is 0 Å². The van der Waals surface area contributed by atoms with Crippen molar-refractivity contribution >= 4 is 0 Å². The van der Waals surface area contributed by atoms with Crippen molar-refractivity contribution in [3.63, 3.8) is 0 Å². The zero-order valence-electron chi connectivity index (χ0n) is 11.5. The number of hydrogen-bond acceptors (Lipinski definition) is 2. The first-order valence-corrected chi connectivity index (χ1v) is 6.74. The van der Waals surface area contributed by atoms with Crippen molar-refractivity contribution in [2.75, 3.05) is 6.61 Å². The van der Waals surface area contributed by atoms with Gasteiger partial charge < -0.3 is 9.84 Å². The van der Waals surface area contributed by atoms with Gasteiger partial charge in [-0.05, 0) is 36.6 Å². The monoisotopic (exact) mass is 256 g/mol. The Hall–Kier alpha value is -1.96. The minimum absolute atomic E-state index is 0.267. The highest BCUT2D eigenvalue weighted by molar-refractivity contribution is 5.78. The van der Waals surface area contributed by atoms with E-state index in [-0.39, 0.29) is 5.75 Å². The first kappa shape index (κ1) is 13.5. The molecule has 0 fully saturated rings. The van der Waals surface area contributed by atoms with Gasteiger partial charge in [-0.25, -0.2) is 0 Å². The van der Waals surface area contributed by atoms with E-state index in [1.807, 2.05) is 43.3 Å². The molecule has 2 rings (SSSR count). The second-order valence-corrected chi connectivity index (χ2v) is 4.67. The molecule has 19 heavy (non-hydrogen) atoms. The first-order valence-electron chi connectivity index (χ1n) is 6.74. The van der Waals surface area contributed by atoms with Gasteiger partial charge in [-0.15, -0.1) is 0 Å². The molecule has 0 aliphatic carbocycles. The minimum Gasteiger partial charge on any atom is -0.507 e. The summed E-state index contributed by atoms with van der Waals surface area (Å²) < 4.78 is 5.81. The average molecular weight is 256 g/mol. The Kier molecular flexibility index (Phi) is 4.45. The molecule has 0 heterocycles. The molecule has 2 nitrogen and oxygen atoms in total. The van der Waals surface area contributed by atoms with E-state index >= 15 is 0 Å². The smallest absolute Gasteiger partial charge is 0.130 e. The fraction of sp³-hybridized carbons (Fsp3) is 0.294. The molecule has 0 aliphatic rings. The van der Waals surface area contributed by atoms with Crippen molar-refractivity contribution in [2.24, 2.45) is 0 Å². The summed E-state index contributed by atoms with van der Waals surface area (Å²) in [7, 11) is 0. The molecule has 0 radical (unpaired) electrons. The van der Waals surface area contributed by atoms with Crippen LogP contribution in [0.5, 0.6) is 11.5 Å². The van der Waals surface area contributed by atoms with Crippen LogP contribution in [0.4, 0.5) is 0 Å². The predicted octanol–water partition coefficient (Wildman–Crippen LogP) is 4.55. The van der Waals surface area contributed by atoms with E-state index in [0.717, 1.165) is 35.3 Å². The van der Waals surface area contributed by atoms with Crippen LogP contribution in [0.3, 0.4) is 0 Å². The third-order valence-corrected chi connectivity index (χ3v) is 3.17. The van der Waals surface area contributed by atoms with Crippen LogP contribution in [0, 0.1) is 6.92 Å². The Bertz CT molecular complexity index is 547. The second-order valence-electron chi connectivity index (χ2n) is 4.67. The maximum atomic E-state index is 10.1. The van der Waals surface area contributed by atoms with Gasteiger partial charge in [0.25, 0.3) is 0 Å². The zero-order valence-corrected chi connectivity index (χ0v) is 11.5. The van der Waals surface area contributed by atoms with Gasteiger partial charge in [-0.3, -0.25) is 0 Å². The van der Waals surface area contributed by atoms with Gasteiger partial charge in [0.05, 0.1) is 12.2 Å². The minimum atomic E-state index is 0.267. The summed E-state index contributed by atoms with van der Waals surface area (Å²) in [5, 5.41) is 10.1. The topological polar surface area (TPSA) is 29.5 Å². The van der Waals surface area contributed by atoms with E-state index in [1.54, 1.807) is 6.07 Å². The molecular formula is C17H20O2. The highest BCUT2D eigenvalue weighted by Gasteiger charge is 2.13. The lowest BCUT2D eigenvalue weighted by Gasteiger charge is -2.14. The van der Waals surface area contributed by atoms with Crippen molar-refractivity contribution < 1.29 is 9.84 Å². The number of hydrogen-bond donors (Lipinski definition) is 1. The molecule has 2 aromatic carbocycles. The summed E-state index contributed by atoms with van der Waals surface area (Å²) in [6.07, 6.45) is 2.11. The number of unbranched alkanes of at least 4 members (excludes halogenated alkanes) is 1. The van der Waals surface area contributed by atoms with Gasteiger partial charge in [-0.2, -0.15) is 0 Å². The van der Waals surface area contributed by atoms with Crippen LogP contribution in [0.25, 0.3) is 11.1 Å². The van der Waals surface area contributed by atoms with Crippen LogP contribution in [-0.4, -0.2) is 11.7 Å². The number of benzene rings is 2. The molecule has 0 atom stereocenters. The predicted molar refractivity (Wildman–Crippen MR) is 78.7 cm³/mol. The van der Waals surface area contributed by atoms with Crippen LogP contribution in [0.15, 0.2) is 42.5 Å². The van der Waals surface area contributed by atoms with Crippen molar-refractivity contribution in [3.05, 3.63) is 48.0 Å². The number of aryl methyl sites for hydroxylation is 1. The molecule has 0 amide bonds. The third-order valence-electron chi connectivity index (χ3n) is 3.17. The van der Waals surface area contributed by atoms with E-state index in [4.69, 9.17) is 4.74 Å². The molecule has 1 N–H and O–H groups in total. The van der Waals surface area contributed by atoms with Crippen molar-refractivity contribution in [1.29, 1.82) is 0 Å². The molecule has 0 bridgehead atoms.